The molecule has 2 aromatic rings. The molecule has 0 unspecified atom stereocenters. The predicted octanol–water partition coefficient (Wildman–Crippen LogP) is 3.18. The van der Waals surface area contributed by atoms with Crippen molar-refractivity contribution in [2.24, 2.45) is 0 Å². The molecule has 1 fully saturated rings. The van der Waals surface area contributed by atoms with Gasteiger partial charge < -0.3 is 14.4 Å². The maximum absolute atomic E-state index is 12.4. The van der Waals surface area contributed by atoms with Crippen LogP contribution in [-0.2, 0) is 29.2 Å². The quantitative estimate of drug-likeness (QED) is 0.862. The normalized spacial score (nSPS) is 16.6. The zero-order valence-electron chi connectivity index (χ0n) is 14.2. The highest BCUT2D eigenvalue weighted by atomic mass is 16.6. The van der Waals surface area contributed by atoms with E-state index in [1.807, 2.05) is 30.3 Å². The Morgan fingerprint density at radius 2 is 1.76 bits per heavy atom. The van der Waals surface area contributed by atoms with Gasteiger partial charge in [-0.15, -0.1) is 0 Å². The summed E-state index contributed by atoms with van der Waals surface area (Å²) < 4.78 is 10.9. The van der Waals surface area contributed by atoms with Gasteiger partial charge in [0, 0.05) is 31.9 Å². The van der Waals surface area contributed by atoms with Crippen LogP contribution in [0.5, 0.6) is 0 Å². The van der Waals surface area contributed by atoms with Gasteiger partial charge in [0.15, 0.2) is 0 Å². The van der Waals surface area contributed by atoms with Crippen LogP contribution in [-0.4, -0.2) is 37.3 Å². The Bertz CT molecular complexity index is 742. The third-order valence-corrected chi connectivity index (χ3v) is 4.75. The Labute approximate surface area is 147 Å². The van der Waals surface area contributed by atoms with E-state index in [-0.39, 0.29) is 6.09 Å². The van der Waals surface area contributed by atoms with Crippen molar-refractivity contribution < 1.29 is 14.3 Å². The first kappa shape index (κ1) is 16.0. The van der Waals surface area contributed by atoms with Crippen LogP contribution < -0.4 is 4.90 Å². The van der Waals surface area contributed by atoms with Gasteiger partial charge in [-0.05, 0) is 28.8 Å². The lowest BCUT2D eigenvalue weighted by Gasteiger charge is -2.29. The number of ether oxygens (including phenoxy) is 2. The number of benzene rings is 2. The average Bonchev–Trinajstić information content (AvgIpc) is 3.11. The maximum atomic E-state index is 12.4. The molecule has 2 aliphatic rings. The van der Waals surface area contributed by atoms with Crippen LogP contribution in [0.25, 0.3) is 0 Å². The van der Waals surface area contributed by atoms with E-state index in [2.05, 4.69) is 23.1 Å². The second-order valence-electron chi connectivity index (χ2n) is 6.45. The molecular formula is C20H22N2O3. The minimum absolute atomic E-state index is 0.257. The van der Waals surface area contributed by atoms with Gasteiger partial charge in [-0.25, -0.2) is 4.79 Å². The minimum atomic E-state index is -0.257. The van der Waals surface area contributed by atoms with Crippen LogP contribution in [0.2, 0.25) is 0 Å². The summed E-state index contributed by atoms with van der Waals surface area (Å²) in [7, 11) is 0. The van der Waals surface area contributed by atoms with Crippen LogP contribution in [0.1, 0.15) is 16.7 Å². The monoisotopic (exact) mass is 338 g/mol. The standard InChI is InChI=1S/C20H22N2O3/c23-20(25-15-16-4-2-1-3-5-16)22-13-17-6-7-19(12-18(17)14-22)21-8-10-24-11-9-21/h1-7,12H,8-11,13-15H2. The van der Waals surface area contributed by atoms with Crippen LogP contribution in [0.3, 0.4) is 0 Å². The Kier molecular flexibility index (Phi) is 4.57. The topological polar surface area (TPSA) is 42.0 Å². The van der Waals surface area contributed by atoms with E-state index < -0.39 is 0 Å². The zero-order valence-corrected chi connectivity index (χ0v) is 14.2. The van der Waals surface area contributed by atoms with Crippen LogP contribution >= 0.6 is 0 Å². The van der Waals surface area contributed by atoms with Crippen molar-refractivity contribution in [3.05, 3.63) is 65.2 Å². The van der Waals surface area contributed by atoms with E-state index >= 15 is 0 Å². The molecule has 25 heavy (non-hydrogen) atoms. The molecule has 0 atom stereocenters. The number of carbonyl (C=O) groups excluding carboxylic acids is 1. The molecule has 2 aliphatic heterocycles. The molecule has 0 aromatic heterocycles. The molecule has 5 heteroatoms. The Hall–Kier alpha value is -2.53. The smallest absolute Gasteiger partial charge is 0.410 e. The molecule has 0 aliphatic carbocycles. The fourth-order valence-corrected chi connectivity index (χ4v) is 3.34. The number of fused-ring (bicyclic) bond motifs is 1. The number of amides is 1. The molecule has 2 heterocycles. The molecule has 1 saturated heterocycles. The first-order chi connectivity index (χ1) is 12.3. The summed E-state index contributed by atoms with van der Waals surface area (Å²) in [6.45, 7) is 4.92. The Balaban J connectivity index is 1.38. The second-order valence-corrected chi connectivity index (χ2v) is 6.45. The SMILES string of the molecule is O=C(OCc1ccccc1)N1Cc2ccc(N3CCOCC3)cc2C1. The highest BCUT2D eigenvalue weighted by Crippen LogP contribution is 2.28. The van der Waals surface area contributed by atoms with E-state index in [1.165, 1.54) is 16.8 Å². The number of morpholine rings is 1. The summed E-state index contributed by atoms with van der Waals surface area (Å²) in [6, 6.07) is 16.2. The fourth-order valence-electron chi connectivity index (χ4n) is 3.34. The van der Waals surface area contributed by atoms with E-state index in [9.17, 15) is 4.79 Å². The lowest BCUT2D eigenvalue weighted by atomic mass is 10.1. The number of anilines is 1. The van der Waals surface area contributed by atoms with Crippen molar-refractivity contribution in [1.29, 1.82) is 0 Å². The van der Waals surface area contributed by atoms with Crippen molar-refractivity contribution in [1.82, 2.24) is 4.90 Å². The first-order valence-corrected chi connectivity index (χ1v) is 8.70. The van der Waals surface area contributed by atoms with Gasteiger partial charge in [0.2, 0.25) is 0 Å². The molecule has 1 amide bonds. The summed E-state index contributed by atoms with van der Waals surface area (Å²) >= 11 is 0. The van der Waals surface area contributed by atoms with Crippen LogP contribution in [0.15, 0.2) is 48.5 Å². The molecule has 130 valence electrons. The van der Waals surface area contributed by atoms with Crippen molar-refractivity contribution in [3.63, 3.8) is 0 Å². The summed E-state index contributed by atoms with van der Waals surface area (Å²) in [5, 5.41) is 0. The van der Waals surface area contributed by atoms with E-state index in [4.69, 9.17) is 9.47 Å². The third-order valence-electron chi connectivity index (χ3n) is 4.75. The maximum Gasteiger partial charge on any atom is 0.410 e. The van der Waals surface area contributed by atoms with Gasteiger partial charge in [-0.1, -0.05) is 36.4 Å². The summed E-state index contributed by atoms with van der Waals surface area (Å²) in [5.41, 5.74) is 4.62. The number of rotatable bonds is 3. The highest BCUT2D eigenvalue weighted by Gasteiger charge is 2.25. The first-order valence-electron chi connectivity index (χ1n) is 8.70. The third kappa shape index (κ3) is 3.61. The Morgan fingerprint density at radius 1 is 1.00 bits per heavy atom. The van der Waals surface area contributed by atoms with Gasteiger partial charge >= 0.3 is 6.09 Å². The number of nitrogens with zero attached hydrogens (tertiary/aromatic N) is 2. The van der Waals surface area contributed by atoms with Crippen molar-refractivity contribution >= 4 is 11.8 Å². The van der Waals surface area contributed by atoms with E-state index in [1.54, 1.807) is 4.90 Å². The molecule has 0 bridgehead atoms. The zero-order chi connectivity index (χ0) is 17.1. The average molecular weight is 338 g/mol. The number of hydrogen-bond acceptors (Lipinski definition) is 4. The van der Waals surface area contributed by atoms with Crippen molar-refractivity contribution in [2.75, 3.05) is 31.2 Å². The van der Waals surface area contributed by atoms with Gasteiger partial charge in [-0.2, -0.15) is 0 Å². The minimum Gasteiger partial charge on any atom is -0.445 e. The molecule has 0 saturated carbocycles. The van der Waals surface area contributed by atoms with E-state index in [0.717, 1.165) is 31.9 Å². The van der Waals surface area contributed by atoms with Gasteiger partial charge in [0.05, 0.1) is 13.2 Å². The van der Waals surface area contributed by atoms with Crippen LogP contribution in [0, 0.1) is 0 Å². The fraction of sp³-hybridized carbons (Fsp3) is 0.350. The van der Waals surface area contributed by atoms with Gasteiger partial charge in [-0.3, -0.25) is 4.90 Å². The molecule has 5 nitrogen and oxygen atoms in total. The van der Waals surface area contributed by atoms with E-state index in [0.29, 0.717) is 19.7 Å². The van der Waals surface area contributed by atoms with Crippen molar-refractivity contribution in [3.8, 4) is 0 Å². The Morgan fingerprint density at radius 3 is 2.56 bits per heavy atom. The molecule has 0 radical (unpaired) electrons. The number of carbonyl (C=O) groups is 1. The predicted molar refractivity (Wildman–Crippen MR) is 95.3 cm³/mol. The largest absolute Gasteiger partial charge is 0.445 e. The summed E-state index contributed by atoms with van der Waals surface area (Å²) in [6.07, 6.45) is -0.257. The lowest BCUT2D eigenvalue weighted by molar-refractivity contribution is 0.0955. The second kappa shape index (κ2) is 7.15. The molecule has 0 spiro atoms. The highest BCUT2D eigenvalue weighted by molar-refractivity contribution is 5.69. The summed E-state index contributed by atoms with van der Waals surface area (Å²) in [5.74, 6) is 0. The lowest BCUT2D eigenvalue weighted by Crippen LogP contribution is -2.36. The van der Waals surface area contributed by atoms with Crippen molar-refractivity contribution in [2.45, 2.75) is 19.7 Å². The molecule has 4 rings (SSSR count). The van der Waals surface area contributed by atoms with Gasteiger partial charge in [0.1, 0.15) is 6.61 Å². The molecule has 2 aromatic carbocycles. The molecular weight excluding hydrogens is 316 g/mol. The number of hydrogen-bond donors (Lipinski definition) is 0. The van der Waals surface area contributed by atoms with Crippen LogP contribution in [0.4, 0.5) is 10.5 Å². The molecule has 0 N–H and O–H groups in total. The summed E-state index contributed by atoms with van der Waals surface area (Å²) in [4.78, 5) is 16.4. The van der Waals surface area contributed by atoms with Gasteiger partial charge in [0.25, 0.3) is 0 Å².